The quantitative estimate of drug-likeness (QED) is 0.854. The van der Waals surface area contributed by atoms with Crippen LogP contribution in [0.4, 0.5) is 14.5 Å². The van der Waals surface area contributed by atoms with Crippen molar-refractivity contribution in [2.45, 2.75) is 13.0 Å². The summed E-state index contributed by atoms with van der Waals surface area (Å²) in [6.45, 7) is 0.558. The summed E-state index contributed by atoms with van der Waals surface area (Å²) in [5, 5.41) is 0. The Morgan fingerprint density at radius 3 is 2.80 bits per heavy atom. The third-order valence-corrected chi connectivity index (χ3v) is 2.70. The van der Waals surface area contributed by atoms with Gasteiger partial charge in [-0.25, -0.2) is 8.78 Å². The Labute approximate surface area is 114 Å². The average Bonchev–Trinajstić information content (AvgIpc) is 2.42. The summed E-state index contributed by atoms with van der Waals surface area (Å²) >= 11 is 0. The molecule has 0 aliphatic rings. The number of hydrogen-bond donors (Lipinski definition) is 1. The van der Waals surface area contributed by atoms with Gasteiger partial charge in [0.15, 0.2) is 11.6 Å². The maximum Gasteiger partial charge on any atom is 0.250 e. The summed E-state index contributed by atoms with van der Waals surface area (Å²) in [6.07, 6.45) is 2.00. The molecule has 0 amide bonds. The van der Waals surface area contributed by atoms with Gasteiger partial charge in [-0.3, -0.25) is 4.79 Å². The van der Waals surface area contributed by atoms with E-state index in [0.29, 0.717) is 18.7 Å². The van der Waals surface area contributed by atoms with E-state index < -0.39 is 11.6 Å². The van der Waals surface area contributed by atoms with E-state index in [0.717, 1.165) is 18.2 Å². The SMILES string of the molecule is Nc1ccc(=O)n(CCCOc2cc(F)ccc2F)c1. The van der Waals surface area contributed by atoms with Crippen LogP contribution in [-0.2, 0) is 6.54 Å². The van der Waals surface area contributed by atoms with Gasteiger partial charge in [0.1, 0.15) is 5.82 Å². The van der Waals surface area contributed by atoms with Crippen molar-refractivity contribution >= 4 is 5.69 Å². The lowest BCUT2D eigenvalue weighted by Gasteiger charge is -2.09. The number of hydrogen-bond acceptors (Lipinski definition) is 3. The first-order chi connectivity index (χ1) is 9.56. The monoisotopic (exact) mass is 280 g/mol. The molecule has 106 valence electrons. The molecule has 20 heavy (non-hydrogen) atoms. The number of anilines is 1. The molecule has 4 nitrogen and oxygen atoms in total. The fourth-order valence-corrected chi connectivity index (χ4v) is 1.73. The van der Waals surface area contributed by atoms with Crippen LogP contribution in [0, 0.1) is 11.6 Å². The van der Waals surface area contributed by atoms with Gasteiger partial charge in [0.25, 0.3) is 5.56 Å². The largest absolute Gasteiger partial charge is 0.490 e. The smallest absolute Gasteiger partial charge is 0.250 e. The van der Waals surface area contributed by atoms with E-state index in [1.54, 1.807) is 0 Å². The van der Waals surface area contributed by atoms with Crippen molar-refractivity contribution in [3.8, 4) is 5.75 Å². The molecule has 1 heterocycles. The lowest BCUT2D eigenvalue weighted by Crippen LogP contribution is -2.20. The maximum absolute atomic E-state index is 13.3. The molecule has 2 aromatic rings. The molecule has 0 radical (unpaired) electrons. The van der Waals surface area contributed by atoms with Crippen LogP contribution >= 0.6 is 0 Å². The third-order valence-electron chi connectivity index (χ3n) is 2.70. The van der Waals surface area contributed by atoms with Crippen LogP contribution in [0.1, 0.15) is 6.42 Å². The summed E-state index contributed by atoms with van der Waals surface area (Å²) in [5.74, 6) is -1.31. The molecule has 0 aliphatic heterocycles. The van der Waals surface area contributed by atoms with Gasteiger partial charge in [0.2, 0.25) is 0 Å². The van der Waals surface area contributed by atoms with Crippen molar-refractivity contribution in [2.75, 3.05) is 12.3 Å². The Bertz CT molecular complexity index is 656. The summed E-state index contributed by atoms with van der Waals surface area (Å²) in [4.78, 5) is 11.5. The molecule has 2 N–H and O–H groups in total. The Morgan fingerprint density at radius 1 is 1.20 bits per heavy atom. The first-order valence-corrected chi connectivity index (χ1v) is 6.10. The zero-order valence-corrected chi connectivity index (χ0v) is 10.7. The summed E-state index contributed by atoms with van der Waals surface area (Å²) in [6, 6.07) is 5.92. The van der Waals surface area contributed by atoms with Crippen molar-refractivity contribution in [1.82, 2.24) is 4.57 Å². The number of rotatable bonds is 5. The molecular formula is C14H14F2N2O2. The molecule has 6 heteroatoms. The first kappa shape index (κ1) is 14.0. The molecule has 0 aliphatic carbocycles. The zero-order valence-electron chi connectivity index (χ0n) is 10.7. The van der Waals surface area contributed by atoms with Gasteiger partial charge in [-0.15, -0.1) is 0 Å². The minimum Gasteiger partial charge on any atom is -0.490 e. The van der Waals surface area contributed by atoms with Crippen molar-refractivity contribution in [2.24, 2.45) is 0 Å². The number of nitrogen functional groups attached to an aromatic ring is 1. The average molecular weight is 280 g/mol. The van der Waals surface area contributed by atoms with Crippen LogP contribution in [0.15, 0.2) is 41.3 Å². The highest BCUT2D eigenvalue weighted by Crippen LogP contribution is 2.18. The maximum atomic E-state index is 13.3. The number of nitrogens with zero attached hydrogens (tertiary/aromatic N) is 1. The number of halogens is 2. The minimum absolute atomic E-state index is 0.134. The summed E-state index contributed by atoms with van der Waals surface area (Å²) in [5.41, 5.74) is 5.89. The molecule has 0 saturated carbocycles. The Morgan fingerprint density at radius 2 is 2.00 bits per heavy atom. The van der Waals surface area contributed by atoms with Crippen molar-refractivity contribution < 1.29 is 13.5 Å². The van der Waals surface area contributed by atoms with Crippen LogP contribution in [0.2, 0.25) is 0 Å². The predicted molar refractivity (Wildman–Crippen MR) is 71.6 cm³/mol. The van der Waals surface area contributed by atoms with E-state index in [9.17, 15) is 13.6 Å². The van der Waals surface area contributed by atoms with E-state index in [-0.39, 0.29) is 17.9 Å². The molecule has 1 aromatic carbocycles. The number of benzene rings is 1. The molecule has 0 atom stereocenters. The Kier molecular flexibility index (Phi) is 4.34. The van der Waals surface area contributed by atoms with Crippen LogP contribution in [0.3, 0.4) is 0 Å². The predicted octanol–water partition coefficient (Wildman–Crippen LogP) is 2.18. The lowest BCUT2D eigenvalue weighted by molar-refractivity contribution is 0.285. The molecule has 0 bridgehead atoms. The second kappa shape index (κ2) is 6.18. The highest BCUT2D eigenvalue weighted by Gasteiger charge is 2.05. The van der Waals surface area contributed by atoms with E-state index >= 15 is 0 Å². The molecule has 0 spiro atoms. The highest BCUT2D eigenvalue weighted by molar-refractivity contribution is 5.33. The lowest BCUT2D eigenvalue weighted by atomic mass is 10.3. The van der Waals surface area contributed by atoms with E-state index in [4.69, 9.17) is 10.5 Å². The van der Waals surface area contributed by atoms with E-state index in [2.05, 4.69) is 0 Å². The first-order valence-electron chi connectivity index (χ1n) is 6.10. The van der Waals surface area contributed by atoms with Gasteiger partial charge < -0.3 is 15.0 Å². The van der Waals surface area contributed by atoms with Crippen LogP contribution in [0.25, 0.3) is 0 Å². The van der Waals surface area contributed by atoms with Gasteiger partial charge in [0.05, 0.1) is 6.61 Å². The molecule has 0 unspecified atom stereocenters. The fraction of sp³-hybridized carbons (Fsp3) is 0.214. The molecule has 0 saturated heterocycles. The fourth-order valence-electron chi connectivity index (χ4n) is 1.73. The van der Waals surface area contributed by atoms with E-state index in [1.807, 2.05) is 0 Å². The van der Waals surface area contributed by atoms with Gasteiger partial charge >= 0.3 is 0 Å². The van der Waals surface area contributed by atoms with Gasteiger partial charge in [-0.2, -0.15) is 0 Å². The molecule has 2 rings (SSSR count). The van der Waals surface area contributed by atoms with Gasteiger partial charge in [0, 0.05) is 30.6 Å². The number of aryl methyl sites for hydroxylation is 1. The van der Waals surface area contributed by atoms with Crippen LogP contribution in [0.5, 0.6) is 5.75 Å². The molecule has 1 aromatic heterocycles. The Balaban J connectivity index is 1.89. The standard InChI is InChI=1S/C14H14F2N2O2/c15-10-2-4-12(16)13(8-10)20-7-1-6-18-9-11(17)3-5-14(18)19/h2-5,8-9H,1,6-7,17H2. The molecule has 0 fully saturated rings. The second-order valence-corrected chi connectivity index (χ2v) is 4.27. The normalized spacial score (nSPS) is 10.5. The number of pyridine rings is 1. The zero-order chi connectivity index (χ0) is 14.5. The summed E-state index contributed by atoms with van der Waals surface area (Å²) in [7, 11) is 0. The Hall–Kier alpha value is -2.37. The number of ether oxygens (including phenoxy) is 1. The minimum atomic E-state index is -0.618. The van der Waals surface area contributed by atoms with Crippen LogP contribution < -0.4 is 16.0 Å². The van der Waals surface area contributed by atoms with Gasteiger partial charge in [-0.05, 0) is 24.6 Å². The van der Waals surface area contributed by atoms with Crippen molar-refractivity contribution in [3.63, 3.8) is 0 Å². The van der Waals surface area contributed by atoms with Crippen molar-refractivity contribution in [3.05, 3.63) is 58.5 Å². The number of nitrogens with two attached hydrogens (primary N) is 1. The van der Waals surface area contributed by atoms with E-state index in [1.165, 1.54) is 22.9 Å². The summed E-state index contributed by atoms with van der Waals surface area (Å²) < 4.78 is 32.8. The third kappa shape index (κ3) is 3.57. The topological polar surface area (TPSA) is 57.2 Å². The van der Waals surface area contributed by atoms with Crippen LogP contribution in [-0.4, -0.2) is 11.2 Å². The second-order valence-electron chi connectivity index (χ2n) is 4.27. The molecular weight excluding hydrogens is 266 g/mol. The van der Waals surface area contributed by atoms with Gasteiger partial charge in [-0.1, -0.05) is 0 Å². The highest BCUT2D eigenvalue weighted by atomic mass is 19.1. The number of aromatic nitrogens is 1. The van der Waals surface area contributed by atoms with Crippen molar-refractivity contribution in [1.29, 1.82) is 0 Å².